The molecule has 0 amide bonds. The molecule has 4 fully saturated rings. The summed E-state index contributed by atoms with van der Waals surface area (Å²) in [4.78, 5) is 16.9. The predicted octanol–water partition coefficient (Wildman–Crippen LogP) is 5.68. The third kappa shape index (κ3) is 7.38. The van der Waals surface area contributed by atoms with Gasteiger partial charge in [-0.05, 0) is 130 Å². The molecule has 4 aliphatic rings. The van der Waals surface area contributed by atoms with Crippen LogP contribution < -0.4 is 10.6 Å². The highest BCUT2D eigenvalue weighted by atomic mass is 16.1. The van der Waals surface area contributed by atoms with Crippen LogP contribution in [0.25, 0.3) is 0 Å². The number of carbonyl (C=O) groups is 1. The van der Waals surface area contributed by atoms with Gasteiger partial charge < -0.3 is 15.5 Å². The number of fused-ring (bicyclic) bond motifs is 2. The van der Waals surface area contributed by atoms with Crippen LogP contribution in [-0.2, 0) is 4.79 Å². The van der Waals surface area contributed by atoms with Gasteiger partial charge >= 0.3 is 0 Å². The molecule has 1 saturated carbocycles. The highest BCUT2D eigenvalue weighted by Gasteiger charge is 2.45. The van der Waals surface area contributed by atoms with Gasteiger partial charge in [0.25, 0.3) is 0 Å². The fraction of sp³-hybridized carbons (Fsp3) is 0.812. The number of likely N-dealkylation sites (N-methyl/N-ethyl adjacent to an activating group) is 3. The first-order valence-corrected chi connectivity index (χ1v) is 15.2. The number of Topliss-reactive ketones (excluding diaryl/α,β-unsaturated/α-hetero) is 1. The van der Waals surface area contributed by atoms with Gasteiger partial charge in [0.15, 0.2) is 0 Å². The number of carbonyl (C=O) groups excluding carboxylic acids is 1. The maximum Gasteiger partial charge on any atom is 0.146 e. The number of hydrogen-bond donors (Lipinski definition) is 2. The lowest BCUT2D eigenvalue weighted by Gasteiger charge is -2.43. The Balaban J connectivity index is 0.000000208. The number of ketones is 1. The Morgan fingerprint density at radius 1 is 1.14 bits per heavy atom. The molecule has 0 radical (unpaired) electrons. The smallest absolute Gasteiger partial charge is 0.146 e. The van der Waals surface area contributed by atoms with Crippen molar-refractivity contribution in [3.05, 3.63) is 30.2 Å². The highest BCUT2D eigenvalue weighted by Crippen LogP contribution is 2.43. The lowest BCUT2D eigenvalue weighted by Crippen LogP contribution is -2.47. The van der Waals surface area contributed by atoms with E-state index in [9.17, 15) is 4.79 Å². The molecule has 0 aromatic carbocycles. The monoisotopic (exact) mass is 512 g/mol. The van der Waals surface area contributed by atoms with E-state index in [1.165, 1.54) is 69.9 Å². The minimum atomic E-state index is 0.171. The van der Waals surface area contributed by atoms with E-state index in [1.807, 2.05) is 13.1 Å². The number of nitrogens with one attached hydrogen (secondary N) is 2. The molecule has 0 aromatic heterocycles. The fourth-order valence-corrected chi connectivity index (χ4v) is 7.98. The van der Waals surface area contributed by atoms with Crippen LogP contribution in [0, 0.1) is 11.8 Å². The molecule has 3 aliphatic heterocycles. The van der Waals surface area contributed by atoms with Crippen molar-refractivity contribution in [3.8, 4) is 0 Å². The van der Waals surface area contributed by atoms with Crippen LogP contribution in [0.15, 0.2) is 30.2 Å². The molecule has 5 heteroatoms. The number of nitrogens with zero attached hydrogens (tertiary/aromatic N) is 2. The van der Waals surface area contributed by atoms with Gasteiger partial charge in [0.05, 0.1) is 17.8 Å². The van der Waals surface area contributed by atoms with E-state index in [0.29, 0.717) is 30.0 Å². The van der Waals surface area contributed by atoms with Gasteiger partial charge in [-0.15, -0.1) is 12.3 Å². The van der Waals surface area contributed by atoms with E-state index in [4.69, 9.17) is 0 Å². The van der Waals surface area contributed by atoms with Crippen LogP contribution >= 0.6 is 0 Å². The topological polar surface area (TPSA) is 47.6 Å². The maximum absolute atomic E-state index is 11.8. The number of hydrogen-bond acceptors (Lipinski definition) is 5. The molecule has 2 N–H and O–H groups in total. The molecule has 37 heavy (non-hydrogen) atoms. The molecule has 1 aliphatic carbocycles. The Labute approximate surface area is 228 Å². The minimum absolute atomic E-state index is 0.171. The van der Waals surface area contributed by atoms with Crippen molar-refractivity contribution in [1.29, 1.82) is 0 Å². The molecule has 0 spiro atoms. The van der Waals surface area contributed by atoms with Crippen LogP contribution in [-0.4, -0.2) is 73.0 Å². The van der Waals surface area contributed by atoms with E-state index in [-0.39, 0.29) is 6.04 Å². The summed E-state index contributed by atoms with van der Waals surface area (Å²) in [5.41, 5.74) is 4.92. The SMILES string of the molecule is C=CC(CCC1CCCC2CC(C(C)=O)N(C)C12)NC.CC=C=C1C(NC)CCCC2CCCC(C)N12. The largest absolute Gasteiger partial charge is 0.362 e. The second kappa shape index (κ2) is 14.7. The average Bonchev–Trinajstić information content (AvgIpc) is 3.13. The zero-order valence-electron chi connectivity index (χ0n) is 24.8. The number of piperidine rings is 1. The molecule has 3 saturated heterocycles. The Morgan fingerprint density at radius 2 is 1.84 bits per heavy atom. The highest BCUT2D eigenvalue weighted by molar-refractivity contribution is 5.81. The maximum atomic E-state index is 11.8. The van der Waals surface area contributed by atoms with Crippen LogP contribution in [0.5, 0.6) is 0 Å². The zero-order chi connectivity index (χ0) is 26.9. The Bertz CT molecular complexity index is 803. The second-order valence-electron chi connectivity index (χ2n) is 12.1. The first-order chi connectivity index (χ1) is 17.9. The van der Waals surface area contributed by atoms with Crippen LogP contribution in [0.4, 0.5) is 0 Å². The standard InChI is InChI=1S/C17H30N2O.C15H26N2/c1-5-15(18-3)10-9-13-7-6-8-14-11-16(12(2)20)19(4)17(13)14;1-4-7-15-14(16-3)11-6-10-13-9-5-8-12(2)17(13)15/h5,13-18H,1,6-11H2,2-4H3;4,12-14,16H,5-6,8-11H2,1-3H3. The summed E-state index contributed by atoms with van der Waals surface area (Å²) in [6, 6.07) is 3.16. The molecule has 8 unspecified atom stereocenters. The predicted molar refractivity (Wildman–Crippen MR) is 157 cm³/mol. The zero-order valence-corrected chi connectivity index (χ0v) is 24.8. The van der Waals surface area contributed by atoms with Gasteiger partial charge in [-0.25, -0.2) is 0 Å². The minimum Gasteiger partial charge on any atom is -0.362 e. The molecule has 3 heterocycles. The van der Waals surface area contributed by atoms with Crippen LogP contribution in [0.1, 0.15) is 97.8 Å². The van der Waals surface area contributed by atoms with Crippen molar-refractivity contribution >= 4 is 5.78 Å². The van der Waals surface area contributed by atoms with E-state index >= 15 is 0 Å². The molecule has 0 aromatic rings. The van der Waals surface area contributed by atoms with Crippen molar-refractivity contribution in [2.24, 2.45) is 11.8 Å². The molecule has 8 atom stereocenters. The van der Waals surface area contributed by atoms with Crippen molar-refractivity contribution in [3.63, 3.8) is 0 Å². The Hall–Kier alpha value is -1.39. The molecule has 0 bridgehead atoms. The van der Waals surface area contributed by atoms with Crippen molar-refractivity contribution in [1.82, 2.24) is 20.4 Å². The van der Waals surface area contributed by atoms with Gasteiger partial charge in [-0.3, -0.25) is 9.69 Å². The van der Waals surface area contributed by atoms with Gasteiger partial charge in [0, 0.05) is 24.2 Å². The van der Waals surface area contributed by atoms with Crippen LogP contribution in [0.3, 0.4) is 0 Å². The molecule has 5 nitrogen and oxygen atoms in total. The second-order valence-corrected chi connectivity index (χ2v) is 12.1. The number of rotatable bonds is 7. The van der Waals surface area contributed by atoms with E-state index in [2.05, 4.69) is 66.8 Å². The summed E-state index contributed by atoms with van der Waals surface area (Å²) in [5.74, 6) is 1.84. The van der Waals surface area contributed by atoms with Gasteiger partial charge in [0.2, 0.25) is 0 Å². The van der Waals surface area contributed by atoms with Gasteiger partial charge in [-0.1, -0.05) is 12.5 Å². The third-order valence-electron chi connectivity index (χ3n) is 9.88. The normalized spacial score (nSPS) is 34.7. The van der Waals surface area contributed by atoms with E-state index in [0.717, 1.165) is 30.7 Å². The summed E-state index contributed by atoms with van der Waals surface area (Å²) in [6.45, 7) is 10.1. The summed E-state index contributed by atoms with van der Waals surface area (Å²) in [5, 5.41) is 6.77. The van der Waals surface area contributed by atoms with E-state index < -0.39 is 0 Å². The van der Waals surface area contributed by atoms with Crippen LogP contribution in [0.2, 0.25) is 0 Å². The Morgan fingerprint density at radius 3 is 2.46 bits per heavy atom. The average molecular weight is 513 g/mol. The molecule has 210 valence electrons. The number of likely N-dealkylation sites (tertiary alicyclic amines) is 1. The molecular formula is C32H56N4O. The van der Waals surface area contributed by atoms with Crippen molar-refractivity contribution in [2.75, 3.05) is 21.1 Å². The summed E-state index contributed by atoms with van der Waals surface area (Å²) in [6.07, 6.45) is 19.6. The van der Waals surface area contributed by atoms with E-state index in [1.54, 1.807) is 6.92 Å². The van der Waals surface area contributed by atoms with Gasteiger partial charge in [-0.2, -0.15) is 0 Å². The molecular weight excluding hydrogens is 456 g/mol. The fourth-order valence-electron chi connectivity index (χ4n) is 7.98. The first-order valence-electron chi connectivity index (χ1n) is 15.2. The van der Waals surface area contributed by atoms with Crippen molar-refractivity contribution < 1.29 is 4.79 Å². The van der Waals surface area contributed by atoms with Gasteiger partial charge in [0.1, 0.15) is 5.78 Å². The summed E-state index contributed by atoms with van der Waals surface area (Å²) >= 11 is 0. The summed E-state index contributed by atoms with van der Waals surface area (Å²) < 4.78 is 0. The van der Waals surface area contributed by atoms with Crippen molar-refractivity contribution in [2.45, 2.75) is 134 Å². The third-order valence-corrected chi connectivity index (χ3v) is 9.88. The lowest BCUT2D eigenvalue weighted by molar-refractivity contribution is -0.121. The first kappa shape index (κ1) is 30.2. The molecule has 4 rings (SSSR count). The lowest BCUT2D eigenvalue weighted by atomic mass is 9.75. The quantitative estimate of drug-likeness (QED) is 0.340. The Kier molecular flexibility index (Phi) is 12.0. The summed E-state index contributed by atoms with van der Waals surface area (Å²) in [7, 11) is 6.25.